The van der Waals surface area contributed by atoms with Crippen LogP contribution in [0.4, 0.5) is 0 Å². The molecular formula is C15H25ClN2. The van der Waals surface area contributed by atoms with Gasteiger partial charge in [0.1, 0.15) is 0 Å². The van der Waals surface area contributed by atoms with Crippen molar-refractivity contribution in [3.63, 3.8) is 0 Å². The van der Waals surface area contributed by atoms with Crippen molar-refractivity contribution in [1.29, 1.82) is 0 Å². The first kappa shape index (κ1) is 13.0. The van der Waals surface area contributed by atoms with Crippen LogP contribution in [0.3, 0.4) is 0 Å². The van der Waals surface area contributed by atoms with Gasteiger partial charge in [-0.2, -0.15) is 0 Å². The summed E-state index contributed by atoms with van der Waals surface area (Å²) in [5.74, 6) is 0.952. The van der Waals surface area contributed by atoms with Crippen molar-refractivity contribution in [2.24, 2.45) is 5.92 Å². The molecule has 2 nitrogen and oxygen atoms in total. The summed E-state index contributed by atoms with van der Waals surface area (Å²) in [6, 6.07) is 0.737. The predicted molar refractivity (Wildman–Crippen MR) is 76.9 cm³/mol. The maximum Gasteiger partial charge on any atom is 0.0338 e. The summed E-state index contributed by atoms with van der Waals surface area (Å²) < 4.78 is 0. The Morgan fingerprint density at radius 3 is 2.67 bits per heavy atom. The molecule has 0 radical (unpaired) electrons. The molecule has 3 aliphatic rings. The van der Waals surface area contributed by atoms with Gasteiger partial charge in [0.15, 0.2) is 0 Å². The van der Waals surface area contributed by atoms with E-state index in [1.807, 2.05) is 0 Å². The molecule has 0 bridgehead atoms. The lowest BCUT2D eigenvalue weighted by Crippen LogP contribution is -2.65. The zero-order valence-electron chi connectivity index (χ0n) is 11.2. The Morgan fingerprint density at radius 2 is 2.00 bits per heavy atom. The minimum atomic E-state index is 0.431. The highest BCUT2D eigenvalue weighted by molar-refractivity contribution is 6.25. The van der Waals surface area contributed by atoms with E-state index in [0.29, 0.717) is 5.54 Å². The van der Waals surface area contributed by atoms with Crippen molar-refractivity contribution in [2.75, 3.05) is 19.6 Å². The van der Waals surface area contributed by atoms with Crippen LogP contribution in [0.5, 0.6) is 0 Å². The van der Waals surface area contributed by atoms with E-state index in [4.69, 9.17) is 11.6 Å². The molecule has 2 aliphatic carbocycles. The van der Waals surface area contributed by atoms with Gasteiger partial charge in [0, 0.05) is 36.8 Å². The van der Waals surface area contributed by atoms with Crippen LogP contribution in [-0.2, 0) is 0 Å². The molecule has 1 aliphatic heterocycles. The average molecular weight is 269 g/mol. The van der Waals surface area contributed by atoms with Crippen LogP contribution < -0.4 is 5.32 Å². The molecule has 18 heavy (non-hydrogen) atoms. The first-order valence-corrected chi connectivity index (χ1v) is 8.01. The maximum absolute atomic E-state index is 5.74. The number of halogens is 1. The molecule has 0 amide bonds. The minimum absolute atomic E-state index is 0.431. The van der Waals surface area contributed by atoms with Gasteiger partial charge in [-0.1, -0.05) is 36.9 Å². The van der Waals surface area contributed by atoms with Crippen LogP contribution in [0.15, 0.2) is 11.6 Å². The van der Waals surface area contributed by atoms with Crippen molar-refractivity contribution in [3.05, 3.63) is 11.6 Å². The lowest BCUT2D eigenvalue weighted by Gasteiger charge is -2.52. The van der Waals surface area contributed by atoms with E-state index >= 15 is 0 Å². The summed E-state index contributed by atoms with van der Waals surface area (Å²) in [6.45, 7) is 3.46. The first-order chi connectivity index (χ1) is 8.84. The van der Waals surface area contributed by atoms with Gasteiger partial charge in [0.05, 0.1) is 0 Å². The predicted octanol–water partition coefficient (Wildman–Crippen LogP) is 3.13. The first-order valence-electron chi connectivity index (χ1n) is 7.58. The van der Waals surface area contributed by atoms with Crippen LogP contribution in [0, 0.1) is 5.92 Å². The summed E-state index contributed by atoms with van der Waals surface area (Å²) in [5, 5.41) is 3.85. The molecule has 0 aromatic heterocycles. The molecule has 1 N–H and O–H groups in total. The number of nitrogens with one attached hydrogen (secondary N) is 1. The van der Waals surface area contributed by atoms with Gasteiger partial charge in [-0.3, -0.25) is 4.90 Å². The van der Waals surface area contributed by atoms with E-state index in [0.717, 1.165) is 18.5 Å². The zero-order chi connectivity index (χ0) is 12.4. The zero-order valence-corrected chi connectivity index (χ0v) is 12.0. The van der Waals surface area contributed by atoms with E-state index in [2.05, 4.69) is 16.3 Å². The fourth-order valence-electron chi connectivity index (χ4n) is 3.88. The monoisotopic (exact) mass is 268 g/mol. The molecular weight excluding hydrogens is 244 g/mol. The third-order valence-corrected chi connectivity index (χ3v) is 5.35. The van der Waals surface area contributed by atoms with E-state index in [-0.39, 0.29) is 0 Å². The molecule has 102 valence electrons. The molecule has 1 spiro atoms. The van der Waals surface area contributed by atoms with Gasteiger partial charge in [-0.25, -0.2) is 0 Å². The number of nitrogens with zero attached hydrogens (tertiary/aromatic N) is 1. The summed E-state index contributed by atoms with van der Waals surface area (Å²) in [7, 11) is 0. The highest BCUT2D eigenvalue weighted by atomic mass is 35.5. The quantitative estimate of drug-likeness (QED) is 0.846. The summed E-state index contributed by atoms with van der Waals surface area (Å²) in [5.41, 5.74) is 2.12. The molecule has 1 saturated heterocycles. The van der Waals surface area contributed by atoms with Gasteiger partial charge in [-0.15, -0.1) is 0 Å². The van der Waals surface area contributed by atoms with E-state index in [1.165, 1.54) is 58.0 Å². The lowest BCUT2D eigenvalue weighted by atomic mass is 9.78. The number of piperazine rings is 1. The van der Waals surface area contributed by atoms with Gasteiger partial charge in [0.25, 0.3) is 0 Å². The van der Waals surface area contributed by atoms with Crippen LogP contribution >= 0.6 is 11.6 Å². The normalized spacial score (nSPS) is 33.3. The van der Waals surface area contributed by atoms with Gasteiger partial charge >= 0.3 is 0 Å². The van der Waals surface area contributed by atoms with Crippen molar-refractivity contribution in [2.45, 2.75) is 56.5 Å². The summed E-state index contributed by atoms with van der Waals surface area (Å²) in [4.78, 5) is 2.73. The van der Waals surface area contributed by atoms with Crippen molar-refractivity contribution in [1.82, 2.24) is 10.2 Å². The van der Waals surface area contributed by atoms with E-state index < -0.39 is 0 Å². The van der Waals surface area contributed by atoms with Crippen molar-refractivity contribution in [3.8, 4) is 0 Å². The standard InChI is InChI=1S/C15H25ClN2/c16-9-4-10-18-11-14(13-5-6-13)17-12-15(18)7-2-1-3-8-15/h4,9,13-14,17H,1-3,5-8,10-12H2/b9-4+. The van der Waals surface area contributed by atoms with Crippen LogP contribution in [0.25, 0.3) is 0 Å². The Morgan fingerprint density at radius 1 is 1.22 bits per heavy atom. The third-order valence-electron chi connectivity index (χ3n) is 5.17. The fraction of sp³-hybridized carbons (Fsp3) is 0.867. The average Bonchev–Trinajstić information content (AvgIpc) is 3.23. The highest BCUT2D eigenvalue weighted by Gasteiger charge is 2.44. The second-order valence-electron chi connectivity index (χ2n) is 6.38. The fourth-order valence-corrected chi connectivity index (χ4v) is 3.96. The van der Waals surface area contributed by atoms with Crippen LogP contribution in [-0.4, -0.2) is 36.1 Å². The summed E-state index contributed by atoms with van der Waals surface area (Å²) in [6.07, 6.45) is 11.9. The molecule has 3 heteroatoms. The number of rotatable bonds is 3. The number of hydrogen-bond acceptors (Lipinski definition) is 2. The van der Waals surface area contributed by atoms with E-state index in [1.54, 1.807) is 5.54 Å². The maximum atomic E-state index is 5.74. The largest absolute Gasteiger partial charge is 0.311 e. The molecule has 3 rings (SSSR count). The second kappa shape index (κ2) is 5.52. The van der Waals surface area contributed by atoms with Gasteiger partial charge < -0.3 is 5.32 Å². The molecule has 3 fully saturated rings. The van der Waals surface area contributed by atoms with Crippen molar-refractivity contribution < 1.29 is 0 Å². The topological polar surface area (TPSA) is 15.3 Å². The Labute approximate surface area is 116 Å². The molecule has 1 heterocycles. The van der Waals surface area contributed by atoms with Crippen LogP contribution in [0.2, 0.25) is 0 Å². The van der Waals surface area contributed by atoms with Gasteiger partial charge in [0.2, 0.25) is 0 Å². The molecule has 0 aromatic carbocycles. The van der Waals surface area contributed by atoms with Crippen LogP contribution in [0.1, 0.15) is 44.9 Å². The Kier molecular flexibility index (Phi) is 3.97. The minimum Gasteiger partial charge on any atom is -0.311 e. The second-order valence-corrected chi connectivity index (χ2v) is 6.63. The molecule has 0 aromatic rings. The lowest BCUT2D eigenvalue weighted by molar-refractivity contribution is 0.0155. The summed E-state index contributed by atoms with van der Waals surface area (Å²) >= 11 is 5.74. The Hall–Kier alpha value is -0.0500. The van der Waals surface area contributed by atoms with E-state index in [9.17, 15) is 0 Å². The third kappa shape index (κ3) is 2.61. The molecule has 2 saturated carbocycles. The SMILES string of the molecule is Cl/C=C/CN1CC(C2CC2)NCC12CCCCC2. The Balaban J connectivity index is 1.70. The molecule has 1 atom stereocenters. The molecule has 1 unspecified atom stereocenters. The smallest absolute Gasteiger partial charge is 0.0338 e. The van der Waals surface area contributed by atoms with Gasteiger partial charge in [-0.05, 0) is 31.6 Å². The van der Waals surface area contributed by atoms with Crippen molar-refractivity contribution >= 4 is 11.6 Å². The number of hydrogen-bond donors (Lipinski definition) is 1. The highest BCUT2D eigenvalue weighted by Crippen LogP contribution is 2.40. The Bertz CT molecular complexity index is 306.